The van der Waals surface area contributed by atoms with Gasteiger partial charge < -0.3 is 21.1 Å². The molecule has 0 aromatic heterocycles. The number of carbonyl (C=O) groups is 2. The summed E-state index contributed by atoms with van der Waals surface area (Å²) in [7, 11) is 1.46. The van der Waals surface area contributed by atoms with Crippen molar-refractivity contribution in [3.8, 4) is 0 Å². The number of rotatable bonds is 10. The molecule has 3 rings (SSSR count). The third kappa shape index (κ3) is 7.07. The lowest BCUT2D eigenvalue weighted by Crippen LogP contribution is -2.35. The largest absolute Gasteiger partial charge is 0.439 e. The number of hydrogen-bond donors (Lipinski definition) is 3. The highest BCUT2D eigenvalue weighted by atomic mass is 17.2. The second-order valence-electron chi connectivity index (χ2n) is 8.79. The molecule has 8 heteroatoms. The maximum atomic E-state index is 12.7. The Kier molecular flexibility index (Phi) is 9.05. The number of ether oxygens (including phenoxy) is 1. The van der Waals surface area contributed by atoms with Gasteiger partial charge in [0.2, 0.25) is 0 Å². The van der Waals surface area contributed by atoms with Crippen LogP contribution in [0.3, 0.4) is 0 Å². The molecule has 0 spiro atoms. The third-order valence-corrected chi connectivity index (χ3v) is 5.82. The van der Waals surface area contributed by atoms with Gasteiger partial charge in [-0.2, -0.15) is 0 Å². The average Bonchev–Trinajstić information content (AvgIpc) is 2.87. The summed E-state index contributed by atoms with van der Waals surface area (Å²) in [4.78, 5) is 34.9. The second-order valence-corrected chi connectivity index (χ2v) is 8.79. The van der Waals surface area contributed by atoms with Gasteiger partial charge in [-0.3, -0.25) is 4.79 Å². The maximum absolute atomic E-state index is 12.7. The van der Waals surface area contributed by atoms with E-state index in [4.69, 9.17) is 15.4 Å². The SMILES string of the molecule is CC[C@@H](NC(=O)OC(C)(C)c1ccc(C(=O)Nc2ccccc2N)cc1)c1ccc(COOC)cc1. The van der Waals surface area contributed by atoms with E-state index in [-0.39, 0.29) is 11.9 Å². The molecule has 2 amide bonds. The monoisotopic (exact) mass is 491 g/mol. The van der Waals surface area contributed by atoms with Crippen molar-refractivity contribution in [3.63, 3.8) is 0 Å². The number of nitrogens with one attached hydrogen (secondary N) is 2. The summed E-state index contributed by atoms with van der Waals surface area (Å²) in [6, 6.07) is 21.5. The number of benzene rings is 3. The van der Waals surface area contributed by atoms with Crippen LogP contribution in [0.1, 0.15) is 60.3 Å². The van der Waals surface area contributed by atoms with Gasteiger partial charge in [-0.15, -0.1) is 0 Å². The van der Waals surface area contributed by atoms with Crippen molar-refractivity contribution in [3.05, 3.63) is 95.1 Å². The molecule has 0 bridgehead atoms. The maximum Gasteiger partial charge on any atom is 0.408 e. The van der Waals surface area contributed by atoms with Crippen LogP contribution in [0.2, 0.25) is 0 Å². The molecule has 0 aliphatic carbocycles. The lowest BCUT2D eigenvalue weighted by Gasteiger charge is -2.27. The average molecular weight is 492 g/mol. The Morgan fingerprint density at radius 3 is 2.25 bits per heavy atom. The summed E-state index contributed by atoms with van der Waals surface area (Å²) in [5, 5.41) is 5.74. The fraction of sp³-hybridized carbons (Fsp3) is 0.286. The van der Waals surface area contributed by atoms with Crippen LogP contribution in [-0.2, 0) is 26.7 Å². The van der Waals surface area contributed by atoms with Gasteiger partial charge in [0.25, 0.3) is 5.91 Å². The highest BCUT2D eigenvalue weighted by molar-refractivity contribution is 6.05. The molecule has 0 heterocycles. The Hall–Kier alpha value is -3.88. The first-order valence-corrected chi connectivity index (χ1v) is 11.7. The van der Waals surface area contributed by atoms with E-state index in [1.54, 1.807) is 62.4 Å². The molecular weight excluding hydrogens is 458 g/mol. The van der Waals surface area contributed by atoms with E-state index in [2.05, 4.69) is 15.5 Å². The lowest BCUT2D eigenvalue weighted by atomic mass is 9.96. The Balaban J connectivity index is 1.61. The standard InChI is InChI=1S/C28H33N3O5/c1-5-24(20-12-10-19(11-13-20)18-35-34-4)31-27(33)36-28(2,3)22-16-14-21(15-17-22)26(32)30-25-9-7-6-8-23(25)29/h6-17,24H,5,18,29H2,1-4H3,(H,30,32)(H,31,33)/t24-/m1/s1. The highest BCUT2D eigenvalue weighted by Crippen LogP contribution is 2.27. The highest BCUT2D eigenvalue weighted by Gasteiger charge is 2.27. The zero-order valence-corrected chi connectivity index (χ0v) is 21.0. The first kappa shape index (κ1) is 26.7. The fourth-order valence-corrected chi connectivity index (χ4v) is 3.68. The van der Waals surface area contributed by atoms with Crippen molar-refractivity contribution in [1.29, 1.82) is 0 Å². The molecule has 8 nitrogen and oxygen atoms in total. The molecule has 0 radical (unpaired) electrons. The molecule has 3 aromatic carbocycles. The number of nitrogen functional groups attached to an aromatic ring is 1. The number of para-hydroxylation sites is 2. The van der Waals surface area contributed by atoms with Crippen LogP contribution in [0, 0.1) is 0 Å². The molecule has 0 saturated heterocycles. The normalized spacial score (nSPS) is 12.0. The van der Waals surface area contributed by atoms with E-state index in [9.17, 15) is 9.59 Å². The summed E-state index contributed by atoms with van der Waals surface area (Å²) in [5.74, 6) is -0.276. The Bertz CT molecular complexity index is 1160. The number of carbonyl (C=O) groups excluding carboxylic acids is 2. The lowest BCUT2D eigenvalue weighted by molar-refractivity contribution is -0.282. The van der Waals surface area contributed by atoms with Crippen LogP contribution in [0.4, 0.5) is 16.2 Å². The molecule has 0 fully saturated rings. The summed E-state index contributed by atoms with van der Waals surface area (Å²) < 4.78 is 5.76. The molecule has 4 N–H and O–H groups in total. The summed E-state index contributed by atoms with van der Waals surface area (Å²) >= 11 is 0. The third-order valence-electron chi connectivity index (χ3n) is 5.82. The predicted molar refractivity (Wildman–Crippen MR) is 139 cm³/mol. The zero-order chi connectivity index (χ0) is 26.1. The number of alkyl carbamates (subject to hydrolysis) is 1. The molecule has 36 heavy (non-hydrogen) atoms. The van der Waals surface area contributed by atoms with Gasteiger partial charge in [-0.25, -0.2) is 14.6 Å². The molecule has 0 unspecified atom stereocenters. The van der Waals surface area contributed by atoms with Gasteiger partial charge in [0.05, 0.1) is 24.5 Å². The van der Waals surface area contributed by atoms with Gasteiger partial charge >= 0.3 is 6.09 Å². The van der Waals surface area contributed by atoms with Crippen LogP contribution in [0.15, 0.2) is 72.8 Å². The van der Waals surface area contributed by atoms with Crippen molar-refractivity contribution >= 4 is 23.4 Å². The van der Waals surface area contributed by atoms with Crippen LogP contribution in [0.25, 0.3) is 0 Å². The fourth-order valence-electron chi connectivity index (χ4n) is 3.68. The number of nitrogens with two attached hydrogens (primary N) is 1. The Morgan fingerprint density at radius 2 is 1.64 bits per heavy atom. The van der Waals surface area contributed by atoms with Crippen LogP contribution < -0.4 is 16.4 Å². The topological polar surface area (TPSA) is 112 Å². The Morgan fingerprint density at radius 1 is 0.972 bits per heavy atom. The van der Waals surface area contributed by atoms with Gasteiger partial charge in [0.15, 0.2) is 0 Å². The van der Waals surface area contributed by atoms with E-state index in [0.717, 1.165) is 16.7 Å². The van der Waals surface area contributed by atoms with Crippen molar-refractivity contribution in [2.24, 2.45) is 0 Å². The summed E-state index contributed by atoms with van der Waals surface area (Å²) in [6.07, 6.45) is 0.166. The van der Waals surface area contributed by atoms with Crippen molar-refractivity contribution < 1.29 is 24.1 Å². The molecule has 0 aliphatic heterocycles. The second kappa shape index (κ2) is 12.2. The van der Waals surface area contributed by atoms with Crippen LogP contribution >= 0.6 is 0 Å². The zero-order valence-electron chi connectivity index (χ0n) is 21.0. The molecule has 0 aliphatic rings. The van der Waals surface area contributed by atoms with Crippen LogP contribution in [0.5, 0.6) is 0 Å². The Labute approximate surface area is 211 Å². The van der Waals surface area contributed by atoms with E-state index < -0.39 is 11.7 Å². The first-order valence-electron chi connectivity index (χ1n) is 11.7. The van der Waals surface area contributed by atoms with Gasteiger partial charge in [-0.05, 0) is 61.2 Å². The predicted octanol–water partition coefficient (Wildman–Crippen LogP) is 5.71. The van der Waals surface area contributed by atoms with Gasteiger partial charge in [0, 0.05) is 5.56 Å². The molecule has 1 atom stereocenters. The van der Waals surface area contributed by atoms with Crippen molar-refractivity contribution in [2.45, 2.75) is 45.4 Å². The molecule has 190 valence electrons. The number of hydrogen-bond acceptors (Lipinski definition) is 6. The minimum atomic E-state index is -0.914. The summed E-state index contributed by atoms with van der Waals surface area (Å²) in [6.45, 7) is 5.94. The van der Waals surface area contributed by atoms with Crippen molar-refractivity contribution in [2.75, 3.05) is 18.2 Å². The minimum Gasteiger partial charge on any atom is -0.439 e. The quantitative estimate of drug-likeness (QED) is 0.190. The van der Waals surface area contributed by atoms with E-state index >= 15 is 0 Å². The number of anilines is 2. The minimum absolute atomic E-state index is 0.206. The van der Waals surface area contributed by atoms with Gasteiger partial charge in [-0.1, -0.05) is 55.5 Å². The van der Waals surface area contributed by atoms with Crippen molar-refractivity contribution in [1.82, 2.24) is 5.32 Å². The smallest absolute Gasteiger partial charge is 0.408 e. The van der Waals surface area contributed by atoms with E-state index in [0.29, 0.717) is 30.0 Å². The van der Waals surface area contributed by atoms with Crippen LogP contribution in [-0.4, -0.2) is 19.1 Å². The molecular formula is C28H33N3O5. The molecule has 0 saturated carbocycles. The van der Waals surface area contributed by atoms with E-state index in [1.807, 2.05) is 31.2 Å². The first-order chi connectivity index (χ1) is 17.2. The summed E-state index contributed by atoms with van der Waals surface area (Å²) in [5.41, 5.74) is 9.17. The van der Waals surface area contributed by atoms with E-state index in [1.165, 1.54) is 7.11 Å². The molecule has 3 aromatic rings. The van der Waals surface area contributed by atoms with Gasteiger partial charge in [0.1, 0.15) is 12.2 Å². The number of amides is 2.